The predicted molar refractivity (Wildman–Crippen MR) is 69.1 cm³/mol. The fraction of sp³-hybridized carbons (Fsp3) is 0.357. The summed E-state index contributed by atoms with van der Waals surface area (Å²) in [6.07, 6.45) is 0.673. The molecule has 1 N–H and O–H groups in total. The van der Waals surface area contributed by atoms with Crippen LogP contribution in [-0.2, 0) is 0 Å². The van der Waals surface area contributed by atoms with Crippen molar-refractivity contribution in [1.82, 2.24) is 4.98 Å². The summed E-state index contributed by atoms with van der Waals surface area (Å²) in [6.45, 7) is 1.97. The standard InChI is InChI=1S/C14H15NOS/c1-9-15-13(8-17-9)14(16)12-7-11(12)10-5-3-2-4-6-10/h2-6,8,11-12,14,16H,7H2,1H3. The molecule has 1 aliphatic rings. The van der Waals surface area contributed by atoms with Crippen molar-refractivity contribution in [2.24, 2.45) is 5.92 Å². The van der Waals surface area contributed by atoms with Gasteiger partial charge in [0.1, 0.15) is 6.10 Å². The first-order valence-corrected chi connectivity index (χ1v) is 6.78. The summed E-state index contributed by atoms with van der Waals surface area (Å²) in [4.78, 5) is 4.37. The molecular formula is C14H15NOS. The quantitative estimate of drug-likeness (QED) is 0.900. The highest BCUT2D eigenvalue weighted by atomic mass is 32.1. The zero-order valence-corrected chi connectivity index (χ0v) is 10.5. The monoisotopic (exact) mass is 245 g/mol. The van der Waals surface area contributed by atoms with E-state index in [2.05, 4.69) is 29.2 Å². The first-order valence-electron chi connectivity index (χ1n) is 5.91. The number of aliphatic hydroxyl groups is 1. The second-order valence-electron chi connectivity index (χ2n) is 4.65. The summed E-state index contributed by atoms with van der Waals surface area (Å²) in [5.74, 6) is 0.854. The van der Waals surface area contributed by atoms with Gasteiger partial charge in [0.2, 0.25) is 0 Å². The summed E-state index contributed by atoms with van der Waals surface area (Å²) in [5.41, 5.74) is 2.18. The third-order valence-electron chi connectivity index (χ3n) is 3.41. The van der Waals surface area contributed by atoms with Gasteiger partial charge in [-0.15, -0.1) is 11.3 Å². The molecule has 0 radical (unpaired) electrons. The van der Waals surface area contributed by atoms with Gasteiger partial charge >= 0.3 is 0 Å². The maximum Gasteiger partial charge on any atom is 0.100 e. The Kier molecular flexibility index (Phi) is 2.73. The van der Waals surface area contributed by atoms with Crippen molar-refractivity contribution in [3.05, 3.63) is 52.0 Å². The van der Waals surface area contributed by atoms with Gasteiger partial charge in [-0.25, -0.2) is 4.98 Å². The Labute approximate surface area is 105 Å². The van der Waals surface area contributed by atoms with E-state index in [1.54, 1.807) is 11.3 Å². The lowest BCUT2D eigenvalue weighted by molar-refractivity contribution is 0.147. The number of thiazole rings is 1. The molecule has 1 aromatic heterocycles. The minimum absolute atomic E-state index is 0.346. The lowest BCUT2D eigenvalue weighted by atomic mass is 10.1. The van der Waals surface area contributed by atoms with Gasteiger partial charge < -0.3 is 5.11 Å². The largest absolute Gasteiger partial charge is 0.386 e. The highest BCUT2D eigenvalue weighted by molar-refractivity contribution is 7.09. The Morgan fingerprint density at radius 1 is 1.35 bits per heavy atom. The van der Waals surface area contributed by atoms with E-state index in [1.807, 2.05) is 18.4 Å². The normalized spacial score (nSPS) is 24.6. The Morgan fingerprint density at radius 3 is 2.76 bits per heavy atom. The summed E-state index contributed by atoms with van der Waals surface area (Å²) in [5, 5.41) is 13.2. The van der Waals surface area contributed by atoms with Crippen LogP contribution in [0.2, 0.25) is 0 Å². The molecule has 0 amide bonds. The highest BCUT2D eigenvalue weighted by Crippen LogP contribution is 2.53. The maximum absolute atomic E-state index is 10.2. The van der Waals surface area contributed by atoms with E-state index in [-0.39, 0.29) is 0 Å². The second-order valence-corrected chi connectivity index (χ2v) is 5.72. The van der Waals surface area contributed by atoms with Crippen LogP contribution in [0, 0.1) is 12.8 Å². The van der Waals surface area contributed by atoms with Crippen LogP contribution in [-0.4, -0.2) is 10.1 Å². The molecule has 3 atom stereocenters. The molecule has 0 spiro atoms. The molecule has 0 saturated heterocycles. The van der Waals surface area contributed by atoms with Crippen molar-refractivity contribution in [1.29, 1.82) is 0 Å². The van der Waals surface area contributed by atoms with Crippen molar-refractivity contribution in [2.75, 3.05) is 0 Å². The van der Waals surface area contributed by atoms with E-state index >= 15 is 0 Å². The van der Waals surface area contributed by atoms with Gasteiger partial charge in [-0.1, -0.05) is 30.3 Å². The summed E-state index contributed by atoms with van der Waals surface area (Å²) in [6, 6.07) is 10.4. The zero-order valence-electron chi connectivity index (χ0n) is 9.71. The Morgan fingerprint density at radius 2 is 2.12 bits per heavy atom. The summed E-state index contributed by atoms with van der Waals surface area (Å²) >= 11 is 1.60. The van der Waals surface area contributed by atoms with E-state index in [1.165, 1.54) is 5.56 Å². The number of aliphatic hydroxyl groups excluding tert-OH is 1. The van der Waals surface area contributed by atoms with Gasteiger partial charge in [-0.05, 0) is 30.7 Å². The molecule has 0 aliphatic heterocycles. The molecule has 3 unspecified atom stereocenters. The van der Waals surface area contributed by atoms with Gasteiger partial charge in [0, 0.05) is 5.38 Å². The van der Waals surface area contributed by atoms with Gasteiger partial charge in [-0.2, -0.15) is 0 Å². The second kappa shape index (κ2) is 4.24. The molecule has 17 heavy (non-hydrogen) atoms. The van der Waals surface area contributed by atoms with Crippen LogP contribution >= 0.6 is 11.3 Å². The smallest absolute Gasteiger partial charge is 0.100 e. The summed E-state index contributed by atoms with van der Waals surface area (Å²) < 4.78 is 0. The van der Waals surface area contributed by atoms with Crippen LogP contribution in [0.3, 0.4) is 0 Å². The van der Waals surface area contributed by atoms with Crippen molar-refractivity contribution in [2.45, 2.75) is 25.4 Å². The number of rotatable bonds is 3. The zero-order chi connectivity index (χ0) is 11.8. The van der Waals surface area contributed by atoms with Crippen LogP contribution in [0.1, 0.15) is 34.7 Å². The SMILES string of the molecule is Cc1nc(C(O)C2CC2c2ccccc2)cs1. The number of benzene rings is 1. The van der Waals surface area contributed by atoms with Crippen LogP contribution in [0.4, 0.5) is 0 Å². The van der Waals surface area contributed by atoms with Crippen LogP contribution in [0.15, 0.2) is 35.7 Å². The Hall–Kier alpha value is -1.19. The number of aromatic nitrogens is 1. The molecule has 3 heteroatoms. The lowest BCUT2D eigenvalue weighted by Gasteiger charge is -2.07. The number of nitrogens with zero attached hydrogens (tertiary/aromatic N) is 1. The number of hydrogen-bond acceptors (Lipinski definition) is 3. The highest BCUT2D eigenvalue weighted by Gasteiger charge is 2.44. The molecule has 0 bridgehead atoms. The van der Waals surface area contributed by atoms with Crippen LogP contribution in [0.5, 0.6) is 0 Å². The van der Waals surface area contributed by atoms with Gasteiger partial charge in [0.05, 0.1) is 10.7 Å². The Bertz CT molecular complexity index is 508. The van der Waals surface area contributed by atoms with E-state index < -0.39 is 6.10 Å². The van der Waals surface area contributed by atoms with Crippen molar-refractivity contribution < 1.29 is 5.11 Å². The molecule has 1 saturated carbocycles. The van der Waals surface area contributed by atoms with Crippen molar-refractivity contribution in [3.8, 4) is 0 Å². The van der Waals surface area contributed by atoms with Crippen molar-refractivity contribution in [3.63, 3.8) is 0 Å². The summed E-state index contributed by atoms with van der Waals surface area (Å²) in [7, 11) is 0. The topological polar surface area (TPSA) is 33.1 Å². The van der Waals surface area contributed by atoms with E-state index in [9.17, 15) is 5.11 Å². The first kappa shape index (κ1) is 10.9. The molecular weight excluding hydrogens is 230 g/mol. The van der Waals surface area contributed by atoms with Gasteiger partial charge in [0.15, 0.2) is 0 Å². The van der Waals surface area contributed by atoms with E-state index in [4.69, 9.17) is 0 Å². The minimum Gasteiger partial charge on any atom is -0.386 e. The maximum atomic E-state index is 10.2. The predicted octanol–water partition coefficient (Wildman–Crippen LogP) is 3.29. The molecule has 1 heterocycles. The van der Waals surface area contributed by atoms with Gasteiger partial charge in [-0.3, -0.25) is 0 Å². The molecule has 3 rings (SSSR count). The number of hydrogen-bond donors (Lipinski definition) is 1. The average Bonchev–Trinajstić information content (AvgIpc) is 3.05. The molecule has 2 aromatic rings. The first-order chi connectivity index (χ1) is 8.25. The fourth-order valence-corrected chi connectivity index (χ4v) is 3.02. The van der Waals surface area contributed by atoms with E-state index in [0.717, 1.165) is 17.1 Å². The third kappa shape index (κ3) is 2.13. The van der Waals surface area contributed by atoms with E-state index in [0.29, 0.717) is 11.8 Å². The van der Waals surface area contributed by atoms with Crippen LogP contribution in [0.25, 0.3) is 0 Å². The third-order valence-corrected chi connectivity index (χ3v) is 4.20. The van der Waals surface area contributed by atoms with Crippen LogP contribution < -0.4 is 0 Å². The number of aryl methyl sites for hydroxylation is 1. The van der Waals surface area contributed by atoms with Crippen molar-refractivity contribution >= 4 is 11.3 Å². The van der Waals surface area contributed by atoms with Gasteiger partial charge in [0.25, 0.3) is 0 Å². The molecule has 1 aromatic carbocycles. The fourth-order valence-electron chi connectivity index (χ4n) is 2.38. The molecule has 88 valence electrons. The molecule has 1 aliphatic carbocycles. The minimum atomic E-state index is -0.398. The Balaban J connectivity index is 1.73. The molecule has 2 nitrogen and oxygen atoms in total. The average molecular weight is 245 g/mol. The lowest BCUT2D eigenvalue weighted by Crippen LogP contribution is -2.01. The molecule has 1 fully saturated rings.